The van der Waals surface area contributed by atoms with Crippen LogP contribution >= 0.6 is 0 Å². The first kappa shape index (κ1) is 16.2. The number of nitrogens with zero attached hydrogens (tertiary/aromatic N) is 1. The lowest BCUT2D eigenvalue weighted by Crippen LogP contribution is -2.06. The number of hydrogen-bond donors (Lipinski definition) is 0. The van der Waals surface area contributed by atoms with Gasteiger partial charge in [0.25, 0.3) is 0 Å². The number of hydrogen-bond acceptors (Lipinski definition) is 1. The third kappa shape index (κ3) is 5.00. The maximum atomic E-state index is 4.59. The Morgan fingerprint density at radius 1 is 1.18 bits per heavy atom. The van der Waals surface area contributed by atoms with E-state index in [1.807, 2.05) is 6.08 Å². The van der Waals surface area contributed by atoms with Gasteiger partial charge in [0.2, 0.25) is 0 Å². The molecule has 0 aromatic heterocycles. The van der Waals surface area contributed by atoms with Crippen molar-refractivity contribution >= 4 is 5.71 Å². The Morgan fingerprint density at radius 3 is 2.68 bits per heavy atom. The molecule has 0 saturated heterocycles. The number of aliphatic imine (C=N–C) groups is 1. The molecule has 1 nitrogen and oxygen atoms in total. The molecular weight excluding hydrogens is 266 g/mol. The van der Waals surface area contributed by atoms with Crippen LogP contribution in [0.3, 0.4) is 0 Å². The molecule has 0 radical (unpaired) electrons. The molecule has 0 saturated carbocycles. The van der Waals surface area contributed by atoms with Crippen molar-refractivity contribution in [1.29, 1.82) is 0 Å². The average Bonchev–Trinajstić information content (AvgIpc) is 2.52. The molecule has 1 aliphatic heterocycles. The van der Waals surface area contributed by atoms with Gasteiger partial charge in [0, 0.05) is 5.92 Å². The van der Waals surface area contributed by atoms with E-state index in [0.29, 0.717) is 11.8 Å². The Morgan fingerprint density at radius 2 is 1.91 bits per heavy atom. The topological polar surface area (TPSA) is 12.4 Å². The quantitative estimate of drug-likeness (QED) is 0.589. The second kappa shape index (κ2) is 8.33. The van der Waals surface area contributed by atoms with Crippen LogP contribution in [0.5, 0.6) is 0 Å². The lowest BCUT2D eigenvalue weighted by atomic mass is 9.89. The Hall–Kier alpha value is -2.15. The minimum atomic E-state index is 0.425. The van der Waals surface area contributed by atoms with Gasteiger partial charge in [-0.05, 0) is 42.9 Å². The van der Waals surface area contributed by atoms with Crippen LogP contribution in [0.4, 0.5) is 0 Å². The van der Waals surface area contributed by atoms with Crippen molar-refractivity contribution in [2.75, 3.05) is 0 Å². The standard InChI is InChI=1S/C21H25N/c1-17-11-9-10-13-20(17)16-15-18(2)21-14-8-6-4-5-7-12-19(3)22-21/h7-17,20H,2-6H2,1H3/b12-7-,14-8-,16-15-,22-21+. The van der Waals surface area contributed by atoms with Crippen LogP contribution in [0.25, 0.3) is 0 Å². The van der Waals surface area contributed by atoms with Crippen LogP contribution in [0.2, 0.25) is 0 Å². The summed E-state index contributed by atoms with van der Waals surface area (Å²) in [6.07, 6.45) is 24.6. The highest BCUT2D eigenvalue weighted by molar-refractivity contribution is 6.10. The van der Waals surface area contributed by atoms with Crippen molar-refractivity contribution in [3.8, 4) is 0 Å². The van der Waals surface area contributed by atoms with Crippen molar-refractivity contribution in [1.82, 2.24) is 0 Å². The van der Waals surface area contributed by atoms with Crippen molar-refractivity contribution in [3.05, 3.63) is 85.2 Å². The molecule has 114 valence electrons. The summed E-state index contributed by atoms with van der Waals surface area (Å²) < 4.78 is 0. The second-order valence-corrected chi connectivity index (χ2v) is 5.81. The predicted molar refractivity (Wildman–Crippen MR) is 97.9 cm³/mol. The van der Waals surface area contributed by atoms with Crippen molar-refractivity contribution in [3.63, 3.8) is 0 Å². The first-order chi connectivity index (χ1) is 10.7. The maximum Gasteiger partial charge on any atom is 0.0699 e. The van der Waals surface area contributed by atoms with Gasteiger partial charge < -0.3 is 0 Å². The van der Waals surface area contributed by atoms with E-state index in [-0.39, 0.29) is 0 Å². The molecule has 0 bridgehead atoms. The van der Waals surface area contributed by atoms with Crippen molar-refractivity contribution in [2.24, 2.45) is 16.8 Å². The van der Waals surface area contributed by atoms with Gasteiger partial charge in [-0.15, -0.1) is 0 Å². The van der Waals surface area contributed by atoms with Crippen LogP contribution in [0, 0.1) is 11.8 Å². The first-order valence-corrected chi connectivity index (χ1v) is 8.00. The fraction of sp³-hybridized carbons (Fsp3) is 0.286. The maximum absolute atomic E-state index is 4.59. The molecule has 0 aromatic rings. The molecule has 2 rings (SSSR count). The molecule has 2 atom stereocenters. The lowest BCUT2D eigenvalue weighted by molar-refractivity contribution is 0.605. The molecule has 0 spiro atoms. The molecule has 1 heteroatoms. The van der Waals surface area contributed by atoms with Gasteiger partial charge >= 0.3 is 0 Å². The van der Waals surface area contributed by atoms with E-state index in [9.17, 15) is 0 Å². The first-order valence-electron chi connectivity index (χ1n) is 8.00. The Balaban J connectivity index is 2.11. The van der Waals surface area contributed by atoms with Crippen molar-refractivity contribution in [2.45, 2.75) is 26.2 Å². The van der Waals surface area contributed by atoms with E-state index >= 15 is 0 Å². The largest absolute Gasteiger partial charge is 0.249 e. The summed E-state index contributed by atoms with van der Waals surface area (Å²) in [6.45, 7) is 10.4. The molecule has 0 aromatic carbocycles. The van der Waals surface area contributed by atoms with E-state index in [1.165, 1.54) is 0 Å². The third-order valence-electron chi connectivity index (χ3n) is 3.91. The van der Waals surface area contributed by atoms with E-state index in [2.05, 4.69) is 79.8 Å². The summed E-state index contributed by atoms with van der Waals surface area (Å²) in [5, 5.41) is 0. The fourth-order valence-corrected chi connectivity index (χ4v) is 2.46. The van der Waals surface area contributed by atoms with Crippen LogP contribution in [0.15, 0.2) is 90.2 Å². The smallest absolute Gasteiger partial charge is 0.0699 e. The van der Waals surface area contributed by atoms with E-state index in [0.717, 1.165) is 36.2 Å². The molecular formula is C21H25N. The predicted octanol–water partition coefficient (Wildman–Crippen LogP) is 5.73. The van der Waals surface area contributed by atoms with Gasteiger partial charge in [-0.2, -0.15) is 0 Å². The summed E-state index contributed by atoms with van der Waals surface area (Å²) in [5.41, 5.74) is 2.61. The van der Waals surface area contributed by atoms with Crippen LogP contribution < -0.4 is 0 Å². The van der Waals surface area contributed by atoms with E-state index in [4.69, 9.17) is 0 Å². The van der Waals surface area contributed by atoms with E-state index in [1.54, 1.807) is 0 Å². The van der Waals surface area contributed by atoms with Gasteiger partial charge in [-0.25, -0.2) is 4.99 Å². The number of rotatable bonds is 3. The molecule has 0 amide bonds. The fourth-order valence-electron chi connectivity index (χ4n) is 2.46. The Bertz CT molecular complexity index is 593. The highest BCUT2D eigenvalue weighted by Gasteiger charge is 2.10. The zero-order chi connectivity index (χ0) is 15.8. The SMILES string of the molecule is C=C1/C=C\CCC/C=C\C(C(=C)/C=C\C2C=CC=CC2C)=N/1. The zero-order valence-corrected chi connectivity index (χ0v) is 13.4. The highest BCUT2D eigenvalue weighted by atomic mass is 14.7. The molecule has 1 aliphatic carbocycles. The van der Waals surface area contributed by atoms with Crippen LogP contribution in [-0.2, 0) is 0 Å². The molecule has 2 unspecified atom stereocenters. The van der Waals surface area contributed by atoms with Gasteiger partial charge in [-0.3, -0.25) is 0 Å². The monoisotopic (exact) mass is 291 g/mol. The number of allylic oxidation sites excluding steroid dienone is 11. The molecule has 22 heavy (non-hydrogen) atoms. The minimum absolute atomic E-state index is 0.425. The normalized spacial score (nSPS) is 30.8. The van der Waals surface area contributed by atoms with E-state index < -0.39 is 0 Å². The van der Waals surface area contributed by atoms with Crippen LogP contribution in [0.1, 0.15) is 26.2 Å². The Labute approximate surface area is 134 Å². The molecule has 2 aliphatic rings. The highest BCUT2D eigenvalue weighted by Crippen LogP contribution is 2.21. The van der Waals surface area contributed by atoms with Gasteiger partial charge in [0.1, 0.15) is 0 Å². The molecule has 0 N–H and O–H groups in total. The van der Waals surface area contributed by atoms with Gasteiger partial charge in [0.05, 0.1) is 11.4 Å². The lowest BCUT2D eigenvalue weighted by Gasteiger charge is -2.16. The van der Waals surface area contributed by atoms with Gasteiger partial charge in [-0.1, -0.05) is 68.7 Å². The third-order valence-corrected chi connectivity index (χ3v) is 3.91. The molecule has 0 fully saturated rings. The van der Waals surface area contributed by atoms with Crippen molar-refractivity contribution < 1.29 is 0 Å². The summed E-state index contributed by atoms with van der Waals surface area (Å²) in [4.78, 5) is 4.59. The minimum Gasteiger partial charge on any atom is -0.249 e. The summed E-state index contributed by atoms with van der Waals surface area (Å²) in [6, 6.07) is 0. The molecule has 1 heterocycles. The Kier molecular flexibility index (Phi) is 6.14. The summed E-state index contributed by atoms with van der Waals surface area (Å²) in [5.74, 6) is 0.947. The zero-order valence-electron chi connectivity index (χ0n) is 13.4. The van der Waals surface area contributed by atoms with Crippen LogP contribution in [-0.4, -0.2) is 5.71 Å². The summed E-state index contributed by atoms with van der Waals surface area (Å²) >= 11 is 0. The second-order valence-electron chi connectivity index (χ2n) is 5.81. The summed E-state index contributed by atoms with van der Waals surface area (Å²) in [7, 11) is 0. The van der Waals surface area contributed by atoms with Gasteiger partial charge in [0.15, 0.2) is 0 Å². The average molecular weight is 291 g/mol.